The Morgan fingerprint density at radius 3 is 2.76 bits per heavy atom. The molecule has 112 valence electrons. The highest BCUT2D eigenvalue weighted by Gasteiger charge is 2.39. The van der Waals surface area contributed by atoms with Gasteiger partial charge in [-0.2, -0.15) is 0 Å². The van der Waals surface area contributed by atoms with E-state index in [1.54, 1.807) is 22.8 Å². The molecule has 0 unspecified atom stereocenters. The second kappa shape index (κ2) is 5.19. The molecule has 3 rings (SSSR count). The predicted octanol–water partition coefficient (Wildman–Crippen LogP) is -0.987. The van der Waals surface area contributed by atoms with Crippen LogP contribution in [0.25, 0.3) is 0 Å². The number of rotatable bonds is 2. The van der Waals surface area contributed by atoms with Crippen molar-refractivity contribution in [2.75, 3.05) is 32.7 Å². The number of piperazine rings is 1. The summed E-state index contributed by atoms with van der Waals surface area (Å²) in [5.41, 5.74) is 0.260. The van der Waals surface area contributed by atoms with E-state index in [1.807, 2.05) is 0 Å². The van der Waals surface area contributed by atoms with Crippen molar-refractivity contribution < 1.29 is 18.9 Å². The molecule has 0 atom stereocenters. The van der Waals surface area contributed by atoms with E-state index in [9.17, 15) is 14.4 Å². The first-order valence-corrected chi connectivity index (χ1v) is 6.82. The molecule has 0 spiro atoms. The smallest absolute Gasteiger partial charge is 0.276 e. The molecule has 21 heavy (non-hydrogen) atoms. The van der Waals surface area contributed by atoms with Crippen LogP contribution in [0.5, 0.6) is 0 Å². The van der Waals surface area contributed by atoms with Crippen LogP contribution in [-0.2, 0) is 9.59 Å². The van der Waals surface area contributed by atoms with Gasteiger partial charge in [-0.3, -0.25) is 14.4 Å². The van der Waals surface area contributed by atoms with Crippen molar-refractivity contribution in [3.05, 3.63) is 17.5 Å². The second-order valence-electron chi connectivity index (χ2n) is 5.34. The van der Waals surface area contributed by atoms with Crippen LogP contribution in [0.15, 0.2) is 10.6 Å². The van der Waals surface area contributed by atoms with Gasteiger partial charge in [-0.25, -0.2) is 0 Å². The zero-order valence-corrected chi connectivity index (χ0v) is 11.7. The summed E-state index contributed by atoms with van der Waals surface area (Å²) in [5.74, 6) is -0.0869. The fourth-order valence-electron chi connectivity index (χ4n) is 2.51. The lowest BCUT2D eigenvalue weighted by Crippen LogP contribution is -2.59. The maximum absolute atomic E-state index is 12.2. The molecule has 2 saturated heterocycles. The Kier molecular flexibility index (Phi) is 3.36. The molecule has 1 aromatic rings. The summed E-state index contributed by atoms with van der Waals surface area (Å²) in [6, 6.07) is 1.58. The van der Waals surface area contributed by atoms with Crippen molar-refractivity contribution in [1.29, 1.82) is 0 Å². The Labute approximate surface area is 121 Å². The zero-order valence-electron chi connectivity index (χ0n) is 11.7. The van der Waals surface area contributed by atoms with Crippen molar-refractivity contribution in [2.45, 2.75) is 6.92 Å². The number of aromatic nitrogens is 1. The second-order valence-corrected chi connectivity index (χ2v) is 5.34. The minimum atomic E-state index is -0.229. The van der Waals surface area contributed by atoms with E-state index in [0.29, 0.717) is 31.9 Å². The van der Waals surface area contributed by atoms with Gasteiger partial charge in [-0.15, -0.1) is 0 Å². The van der Waals surface area contributed by atoms with E-state index >= 15 is 0 Å². The molecule has 8 nitrogen and oxygen atoms in total. The number of aryl methyl sites for hydroxylation is 1. The van der Waals surface area contributed by atoms with Gasteiger partial charge < -0.3 is 19.6 Å². The highest BCUT2D eigenvalue weighted by Crippen LogP contribution is 2.21. The van der Waals surface area contributed by atoms with Crippen LogP contribution < -0.4 is 5.32 Å². The lowest BCUT2D eigenvalue weighted by Gasteiger charge is -2.40. The molecule has 0 bridgehead atoms. The summed E-state index contributed by atoms with van der Waals surface area (Å²) in [6.45, 7) is 3.55. The molecule has 2 fully saturated rings. The van der Waals surface area contributed by atoms with E-state index in [-0.39, 0.29) is 35.9 Å². The SMILES string of the molecule is Cc1cc(C(=O)N2CC(C(=O)N3CCNC(=O)C3)C2)no1. The highest BCUT2D eigenvalue weighted by atomic mass is 16.5. The molecule has 0 radical (unpaired) electrons. The third-order valence-electron chi connectivity index (χ3n) is 3.72. The van der Waals surface area contributed by atoms with Gasteiger partial charge in [0.2, 0.25) is 11.8 Å². The first kappa shape index (κ1) is 13.6. The van der Waals surface area contributed by atoms with Crippen molar-refractivity contribution in [3.63, 3.8) is 0 Å². The first-order chi connectivity index (χ1) is 10.0. The number of carbonyl (C=O) groups excluding carboxylic acids is 3. The topological polar surface area (TPSA) is 95.8 Å². The average molecular weight is 292 g/mol. The lowest BCUT2D eigenvalue weighted by atomic mass is 9.97. The molecule has 0 aliphatic carbocycles. The molecular formula is C13H16N4O4. The Morgan fingerprint density at radius 1 is 1.38 bits per heavy atom. The minimum Gasteiger partial charge on any atom is -0.361 e. The van der Waals surface area contributed by atoms with Crippen LogP contribution in [0.4, 0.5) is 0 Å². The maximum Gasteiger partial charge on any atom is 0.276 e. The highest BCUT2D eigenvalue weighted by molar-refractivity contribution is 5.95. The van der Waals surface area contributed by atoms with E-state index in [1.165, 1.54) is 0 Å². The zero-order chi connectivity index (χ0) is 15.0. The van der Waals surface area contributed by atoms with Crippen LogP contribution in [-0.4, -0.2) is 65.4 Å². The molecule has 0 aromatic carbocycles. The number of hydrogen-bond donors (Lipinski definition) is 1. The summed E-state index contributed by atoms with van der Waals surface area (Å²) >= 11 is 0. The van der Waals surface area contributed by atoms with Crippen LogP contribution in [0, 0.1) is 12.8 Å². The molecule has 0 saturated carbocycles. The number of amides is 3. The van der Waals surface area contributed by atoms with Crippen LogP contribution in [0.3, 0.4) is 0 Å². The van der Waals surface area contributed by atoms with Gasteiger partial charge >= 0.3 is 0 Å². The molecule has 3 heterocycles. The van der Waals surface area contributed by atoms with E-state index in [4.69, 9.17) is 4.52 Å². The number of carbonyl (C=O) groups is 3. The largest absolute Gasteiger partial charge is 0.361 e. The summed E-state index contributed by atoms with van der Waals surface area (Å²) in [5, 5.41) is 6.35. The Bertz CT molecular complexity index is 591. The van der Waals surface area contributed by atoms with E-state index < -0.39 is 0 Å². The van der Waals surface area contributed by atoms with Gasteiger partial charge in [0.05, 0.1) is 12.5 Å². The standard InChI is InChI=1S/C13H16N4O4/c1-8-4-10(15-21-8)13(20)17-5-9(6-17)12(19)16-3-2-14-11(18)7-16/h4,9H,2-3,5-7H2,1H3,(H,14,18). The van der Waals surface area contributed by atoms with Crippen molar-refractivity contribution >= 4 is 17.7 Å². The van der Waals surface area contributed by atoms with Gasteiger partial charge in [0.25, 0.3) is 5.91 Å². The maximum atomic E-state index is 12.2. The van der Waals surface area contributed by atoms with E-state index in [0.717, 1.165) is 0 Å². The lowest BCUT2D eigenvalue weighted by molar-refractivity contribution is -0.144. The Balaban J connectivity index is 1.54. The van der Waals surface area contributed by atoms with Gasteiger partial charge in [-0.1, -0.05) is 5.16 Å². The number of nitrogens with one attached hydrogen (secondary N) is 1. The molecule has 8 heteroatoms. The normalized spacial score (nSPS) is 19.2. The fourth-order valence-corrected chi connectivity index (χ4v) is 2.51. The van der Waals surface area contributed by atoms with Crippen LogP contribution in [0.2, 0.25) is 0 Å². The molecule has 3 amide bonds. The minimum absolute atomic E-state index is 0.0646. The molecule has 2 aliphatic rings. The molecule has 1 aromatic heterocycles. The van der Waals surface area contributed by atoms with Crippen LogP contribution >= 0.6 is 0 Å². The summed E-state index contributed by atoms with van der Waals surface area (Å²) < 4.78 is 4.87. The molecule has 1 N–H and O–H groups in total. The first-order valence-electron chi connectivity index (χ1n) is 6.82. The fraction of sp³-hybridized carbons (Fsp3) is 0.538. The van der Waals surface area contributed by atoms with Gasteiger partial charge in [0, 0.05) is 32.2 Å². The quantitative estimate of drug-likeness (QED) is 0.755. The average Bonchev–Trinajstić information content (AvgIpc) is 2.83. The van der Waals surface area contributed by atoms with Crippen molar-refractivity contribution in [3.8, 4) is 0 Å². The van der Waals surface area contributed by atoms with Gasteiger partial charge in [-0.05, 0) is 6.92 Å². The number of likely N-dealkylation sites (tertiary alicyclic amines) is 1. The van der Waals surface area contributed by atoms with E-state index in [2.05, 4.69) is 10.5 Å². The van der Waals surface area contributed by atoms with Crippen LogP contribution in [0.1, 0.15) is 16.2 Å². The third-order valence-corrected chi connectivity index (χ3v) is 3.72. The third kappa shape index (κ3) is 2.61. The predicted molar refractivity (Wildman–Crippen MR) is 70.2 cm³/mol. The summed E-state index contributed by atoms with van der Waals surface area (Å²) in [6.07, 6.45) is 0. The van der Waals surface area contributed by atoms with Gasteiger partial charge in [0.15, 0.2) is 5.69 Å². The van der Waals surface area contributed by atoms with Gasteiger partial charge in [0.1, 0.15) is 5.76 Å². The Hall–Kier alpha value is -2.38. The number of hydrogen-bond acceptors (Lipinski definition) is 5. The molecule has 2 aliphatic heterocycles. The monoisotopic (exact) mass is 292 g/mol. The number of nitrogens with zero attached hydrogens (tertiary/aromatic N) is 3. The summed E-state index contributed by atoms with van der Waals surface area (Å²) in [7, 11) is 0. The molecular weight excluding hydrogens is 276 g/mol. The summed E-state index contributed by atoms with van der Waals surface area (Å²) in [4.78, 5) is 38.6. The van der Waals surface area contributed by atoms with Crippen molar-refractivity contribution in [1.82, 2.24) is 20.3 Å². The van der Waals surface area contributed by atoms with Crippen molar-refractivity contribution in [2.24, 2.45) is 5.92 Å². The Morgan fingerprint density at radius 2 is 2.14 bits per heavy atom.